The lowest BCUT2D eigenvalue weighted by atomic mass is 9.99. The maximum Gasteiger partial charge on any atom is 0.490 e. The monoisotopic (exact) mass is 513 g/mol. The van der Waals surface area contributed by atoms with Crippen LogP contribution in [0.4, 0.5) is 13.2 Å². The van der Waals surface area contributed by atoms with Crippen LogP contribution in [0.2, 0.25) is 0 Å². The molecule has 35 heavy (non-hydrogen) atoms. The Kier molecular flexibility index (Phi) is 7.50. The molecule has 1 aliphatic rings. The number of pyridine rings is 1. The number of alkyl halides is 3. The number of aromatic carboxylic acids is 1. The molecule has 0 saturated carbocycles. The first kappa shape index (κ1) is 26.2. The first-order valence-corrected chi connectivity index (χ1v) is 11.3. The summed E-state index contributed by atoms with van der Waals surface area (Å²) >= 11 is 1.64. The second-order valence-electron chi connectivity index (χ2n) is 7.62. The number of carboxylic acids is 2. The van der Waals surface area contributed by atoms with Crippen LogP contribution < -0.4 is 10.9 Å². The van der Waals surface area contributed by atoms with Gasteiger partial charge >= 0.3 is 18.1 Å². The van der Waals surface area contributed by atoms with Gasteiger partial charge in [0.15, 0.2) is 5.56 Å². The van der Waals surface area contributed by atoms with Gasteiger partial charge in [-0.25, -0.2) is 9.59 Å². The van der Waals surface area contributed by atoms with Crippen LogP contribution in [0.5, 0.6) is 5.75 Å². The normalized spacial score (nSPS) is 12.8. The number of nitrogens with one attached hydrogen (secondary N) is 2. The largest absolute Gasteiger partial charge is 0.506 e. The number of halogens is 3. The molecule has 0 radical (unpaired) electrons. The van der Waals surface area contributed by atoms with Gasteiger partial charge in [-0.05, 0) is 31.2 Å². The molecule has 0 saturated heterocycles. The molecule has 0 aliphatic carbocycles. The van der Waals surface area contributed by atoms with E-state index in [2.05, 4.69) is 33.9 Å². The lowest BCUT2D eigenvalue weighted by Crippen LogP contribution is -2.21. The first-order valence-electron chi connectivity index (χ1n) is 10.3. The summed E-state index contributed by atoms with van der Waals surface area (Å²) in [5, 5.41) is 31.2. The lowest BCUT2D eigenvalue weighted by Gasteiger charge is -2.12. The van der Waals surface area contributed by atoms with E-state index in [1.165, 1.54) is 0 Å². The van der Waals surface area contributed by atoms with Gasteiger partial charge in [0.2, 0.25) is 0 Å². The Labute approximate surface area is 200 Å². The van der Waals surface area contributed by atoms with E-state index in [0.29, 0.717) is 23.4 Å². The maximum atomic E-state index is 12.3. The van der Waals surface area contributed by atoms with Crippen LogP contribution in [-0.4, -0.2) is 55.3 Å². The molecule has 1 aliphatic heterocycles. The molecule has 2 aromatic heterocycles. The van der Waals surface area contributed by atoms with E-state index in [9.17, 15) is 33.0 Å². The third-order valence-electron chi connectivity index (χ3n) is 5.42. The fourth-order valence-electron chi connectivity index (χ4n) is 3.72. The number of benzene rings is 1. The van der Waals surface area contributed by atoms with Crippen LogP contribution in [0.1, 0.15) is 28.5 Å². The number of aliphatic carboxylic acids is 1. The molecule has 13 heteroatoms. The molecule has 1 aromatic carbocycles. The van der Waals surface area contributed by atoms with E-state index in [0.717, 1.165) is 40.1 Å². The summed E-state index contributed by atoms with van der Waals surface area (Å²) in [4.78, 5) is 36.3. The van der Waals surface area contributed by atoms with Crippen LogP contribution in [0.3, 0.4) is 0 Å². The molecule has 188 valence electrons. The van der Waals surface area contributed by atoms with Crippen LogP contribution in [0, 0.1) is 0 Å². The molecule has 0 bridgehead atoms. The van der Waals surface area contributed by atoms with E-state index in [4.69, 9.17) is 9.90 Å². The van der Waals surface area contributed by atoms with Crippen molar-refractivity contribution in [1.29, 1.82) is 0 Å². The molecule has 9 nitrogen and oxygen atoms in total. The van der Waals surface area contributed by atoms with Gasteiger partial charge in [0.25, 0.3) is 5.56 Å². The molecule has 4 rings (SSSR count). The van der Waals surface area contributed by atoms with Gasteiger partial charge in [0, 0.05) is 52.0 Å². The second kappa shape index (κ2) is 10.0. The zero-order valence-electron chi connectivity index (χ0n) is 18.6. The Morgan fingerprint density at radius 3 is 2.46 bits per heavy atom. The Hall–Kier alpha value is -3.45. The van der Waals surface area contributed by atoms with Crippen molar-refractivity contribution in [3.8, 4) is 17.0 Å². The van der Waals surface area contributed by atoms with Gasteiger partial charge in [-0.15, -0.1) is 11.8 Å². The Morgan fingerprint density at radius 2 is 1.89 bits per heavy atom. The summed E-state index contributed by atoms with van der Waals surface area (Å²) in [5.74, 6) is -3.93. The molecular weight excluding hydrogens is 491 g/mol. The number of aryl methyl sites for hydroxylation is 1. The number of thioether (sulfide) groups is 1. The van der Waals surface area contributed by atoms with Crippen LogP contribution >= 0.6 is 11.8 Å². The topological polar surface area (TPSA) is 145 Å². The molecule has 0 atom stereocenters. The summed E-state index contributed by atoms with van der Waals surface area (Å²) < 4.78 is 33.9. The molecule has 3 heterocycles. The van der Waals surface area contributed by atoms with E-state index in [1.807, 2.05) is 13.1 Å². The van der Waals surface area contributed by atoms with Gasteiger partial charge in [-0.2, -0.15) is 13.2 Å². The zero-order valence-corrected chi connectivity index (χ0v) is 19.4. The number of carbonyl (C=O) groups is 2. The van der Waals surface area contributed by atoms with E-state index in [1.54, 1.807) is 11.8 Å². The van der Waals surface area contributed by atoms with Crippen molar-refractivity contribution in [3.05, 3.63) is 45.4 Å². The number of hydrogen-bond acceptors (Lipinski definition) is 6. The summed E-state index contributed by atoms with van der Waals surface area (Å²) in [6.45, 7) is 3.70. The standard InChI is InChI=1S/C20H21N3O4S.C2HF3O2/c1-3-21-9-11-6-10-7-13-15(8-14(10)23(11)2)28-5-4-12-17(13)22-19(25)16(18(12)24)20(26)27;3-2(4,5)1(6)7/h6-8,21H,3-5,9H2,1-2H3,(H,26,27)(H2,22,24,25);(H,6,7). The number of nitrogens with zero attached hydrogens (tertiary/aromatic N) is 1. The van der Waals surface area contributed by atoms with Crippen molar-refractivity contribution in [2.45, 2.75) is 31.0 Å². The molecule has 0 unspecified atom stereocenters. The highest BCUT2D eigenvalue weighted by molar-refractivity contribution is 7.99. The second-order valence-corrected chi connectivity index (χ2v) is 8.76. The van der Waals surface area contributed by atoms with Crippen molar-refractivity contribution in [2.75, 3.05) is 12.3 Å². The zero-order chi connectivity index (χ0) is 26.1. The van der Waals surface area contributed by atoms with Gasteiger partial charge in [0.05, 0.1) is 5.69 Å². The Bertz CT molecular complexity index is 1360. The fourth-order valence-corrected chi connectivity index (χ4v) is 4.76. The summed E-state index contributed by atoms with van der Waals surface area (Å²) in [7, 11) is 2.03. The number of hydrogen-bond donors (Lipinski definition) is 5. The smallest absolute Gasteiger partial charge is 0.490 e. The Morgan fingerprint density at radius 1 is 1.23 bits per heavy atom. The van der Waals surface area contributed by atoms with E-state index >= 15 is 0 Å². The van der Waals surface area contributed by atoms with Gasteiger partial charge in [0.1, 0.15) is 5.75 Å². The highest BCUT2D eigenvalue weighted by atomic mass is 32.2. The lowest BCUT2D eigenvalue weighted by molar-refractivity contribution is -0.192. The molecule has 0 fully saturated rings. The SMILES string of the molecule is CCNCc1cc2cc3c(cc2n1C)SCCc1c-3[nH]c(=O)c(C(=O)O)c1O.O=C(O)C(F)(F)F. The molecular formula is C22H22F3N3O6S. The van der Waals surface area contributed by atoms with Crippen LogP contribution in [0.15, 0.2) is 27.9 Å². The highest BCUT2D eigenvalue weighted by Gasteiger charge is 2.38. The number of aromatic amines is 1. The van der Waals surface area contributed by atoms with E-state index in [-0.39, 0.29) is 0 Å². The number of aromatic hydroxyl groups is 1. The average molecular weight is 513 g/mol. The first-order chi connectivity index (χ1) is 16.4. The number of rotatable bonds is 4. The predicted molar refractivity (Wildman–Crippen MR) is 123 cm³/mol. The third kappa shape index (κ3) is 5.30. The van der Waals surface area contributed by atoms with Gasteiger partial charge in [-0.1, -0.05) is 6.92 Å². The third-order valence-corrected chi connectivity index (χ3v) is 6.48. The summed E-state index contributed by atoms with van der Waals surface area (Å²) in [6.07, 6.45) is -4.61. The number of fused-ring (bicyclic) bond motifs is 4. The predicted octanol–water partition coefficient (Wildman–Crippen LogP) is 3.33. The van der Waals surface area contributed by atoms with Gasteiger partial charge < -0.3 is 30.2 Å². The number of carboxylic acid groups (broad SMARTS) is 2. The van der Waals surface area contributed by atoms with Crippen molar-refractivity contribution in [2.24, 2.45) is 7.05 Å². The number of aromatic nitrogens is 2. The van der Waals surface area contributed by atoms with Crippen molar-refractivity contribution < 1.29 is 38.1 Å². The Balaban J connectivity index is 0.000000429. The fraction of sp³-hybridized carbons (Fsp3) is 0.318. The van der Waals surface area contributed by atoms with Gasteiger partial charge in [-0.3, -0.25) is 4.79 Å². The van der Waals surface area contributed by atoms with Crippen LogP contribution in [-0.2, 0) is 24.8 Å². The minimum Gasteiger partial charge on any atom is -0.506 e. The molecule has 5 N–H and O–H groups in total. The van der Waals surface area contributed by atoms with Crippen molar-refractivity contribution in [3.63, 3.8) is 0 Å². The minimum atomic E-state index is -5.08. The number of H-pyrrole nitrogens is 1. The average Bonchev–Trinajstić information content (AvgIpc) is 2.95. The maximum absolute atomic E-state index is 12.3. The van der Waals surface area contributed by atoms with Crippen molar-refractivity contribution in [1.82, 2.24) is 14.9 Å². The quantitative estimate of drug-likeness (QED) is 0.357. The highest BCUT2D eigenvalue weighted by Crippen LogP contribution is 2.42. The minimum absolute atomic E-state index is 0.430. The van der Waals surface area contributed by atoms with Crippen LogP contribution in [0.25, 0.3) is 22.2 Å². The summed E-state index contributed by atoms with van der Waals surface area (Å²) in [5.41, 5.74) is 2.66. The van der Waals surface area contributed by atoms with Crippen molar-refractivity contribution >= 4 is 34.6 Å². The van der Waals surface area contributed by atoms with E-state index < -0.39 is 35.0 Å². The summed E-state index contributed by atoms with van der Waals surface area (Å²) in [6, 6.07) is 6.21. The molecule has 0 amide bonds. The molecule has 3 aromatic rings. The molecule has 0 spiro atoms.